The van der Waals surface area contributed by atoms with E-state index < -0.39 is 0 Å². The summed E-state index contributed by atoms with van der Waals surface area (Å²) < 4.78 is 1.93. The van der Waals surface area contributed by atoms with Crippen LogP contribution in [0.15, 0.2) is 17.4 Å². The van der Waals surface area contributed by atoms with Gasteiger partial charge < -0.3 is 15.8 Å². The fraction of sp³-hybridized carbons (Fsp3) is 0.714. The summed E-state index contributed by atoms with van der Waals surface area (Å²) in [5.74, 6) is 0.320. The molecule has 1 aliphatic heterocycles. The zero-order valence-corrected chi connectivity index (χ0v) is 12.9. The van der Waals surface area contributed by atoms with Gasteiger partial charge in [-0.05, 0) is 12.5 Å². The van der Waals surface area contributed by atoms with Crippen LogP contribution < -0.4 is 5.73 Å². The second kappa shape index (κ2) is 7.42. The SMILES string of the molecule is CCC(C(N)=NO)N1CCN(CCc2ccnn2C)CC1. The molecule has 0 aromatic carbocycles. The fourth-order valence-corrected chi connectivity index (χ4v) is 2.94. The Morgan fingerprint density at radius 2 is 2.14 bits per heavy atom. The van der Waals surface area contributed by atoms with Gasteiger partial charge in [0.25, 0.3) is 0 Å². The molecule has 0 spiro atoms. The van der Waals surface area contributed by atoms with Gasteiger partial charge in [-0.3, -0.25) is 9.58 Å². The first-order valence-electron chi connectivity index (χ1n) is 7.56. The van der Waals surface area contributed by atoms with Crippen molar-refractivity contribution in [3.8, 4) is 0 Å². The predicted octanol–water partition coefficient (Wildman–Crippen LogP) is 0.105. The molecule has 118 valence electrons. The van der Waals surface area contributed by atoms with E-state index in [4.69, 9.17) is 10.9 Å². The Morgan fingerprint density at radius 1 is 1.43 bits per heavy atom. The van der Waals surface area contributed by atoms with E-state index in [9.17, 15) is 0 Å². The van der Waals surface area contributed by atoms with Gasteiger partial charge in [-0.1, -0.05) is 12.1 Å². The van der Waals surface area contributed by atoms with Gasteiger partial charge in [0, 0.05) is 58.1 Å². The van der Waals surface area contributed by atoms with Crippen LogP contribution in [-0.4, -0.2) is 69.4 Å². The summed E-state index contributed by atoms with van der Waals surface area (Å²) in [5, 5.41) is 16.2. The average Bonchev–Trinajstić information content (AvgIpc) is 2.92. The van der Waals surface area contributed by atoms with Crippen LogP contribution in [0, 0.1) is 0 Å². The molecule has 0 aliphatic carbocycles. The topological polar surface area (TPSA) is 82.9 Å². The zero-order valence-electron chi connectivity index (χ0n) is 12.9. The zero-order chi connectivity index (χ0) is 15.2. The molecule has 21 heavy (non-hydrogen) atoms. The lowest BCUT2D eigenvalue weighted by molar-refractivity contribution is 0.115. The Balaban J connectivity index is 1.79. The minimum atomic E-state index is 0.0502. The molecule has 2 heterocycles. The molecule has 0 bridgehead atoms. The third-order valence-corrected chi connectivity index (χ3v) is 4.30. The normalized spacial score (nSPS) is 19.8. The maximum absolute atomic E-state index is 8.85. The molecule has 3 N–H and O–H groups in total. The van der Waals surface area contributed by atoms with Gasteiger partial charge in [-0.2, -0.15) is 5.10 Å². The molecule has 7 heteroatoms. The van der Waals surface area contributed by atoms with Crippen molar-refractivity contribution in [2.24, 2.45) is 17.9 Å². The number of rotatable bonds is 6. The first-order chi connectivity index (χ1) is 10.2. The number of aryl methyl sites for hydroxylation is 1. The van der Waals surface area contributed by atoms with Crippen molar-refractivity contribution in [2.45, 2.75) is 25.8 Å². The van der Waals surface area contributed by atoms with E-state index in [1.54, 1.807) is 0 Å². The van der Waals surface area contributed by atoms with Crippen LogP contribution >= 0.6 is 0 Å². The number of hydrogen-bond donors (Lipinski definition) is 2. The lowest BCUT2D eigenvalue weighted by Crippen LogP contribution is -2.54. The summed E-state index contributed by atoms with van der Waals surface area (Å²) in [6.45, 7) is 7.07. The highest BCUT2D eigenvalue weighted by Gasteiger charge is 2.25. The molecule has 1 aliphatic rings. The van der Waals surface area contributed by atoms with E-state index in [-0.39, 0.29) is 6.04 Å². The smallest absolute Gasteiger partial charge is 0.156 e. The number of hydrogen-bond acceptors (Lipinski definition) is 5. The van der Waals surface area contributed by atoms with Gasteiger partial charge in [-0.15, -0.1) is 0 Å². The Labute approximate surface area is 126 Å². The van der Waals surface area contributed by atoms with Crippen molar-refractivity contribution >= 4 is 5.84 Å². The number of nitrogens with zero attached hydrogens (tertiary/aromatic N) is 5. The van der Waals surface area contributed by atoms with Crippen LogP contribution in [0.25, 0.3) is 0 Å². The third-order valence-electron chi connectivity index (χ3n) is 4.30. The quantitative estimate of drug-likeness (QED) is 0.337. The van der Waals surface area contributed by atoms with Crippen LogP contribution in [0.2, 0.25) is 0 Å². The van der Waals surface area contributed by atoms with E-state index in [1.807, 2.05) is 17.9 Å². The van der Waals surface area contributed by atoms with E-state index in [0.29, 0.717) is 5.84 Å². The van der Waals surface area contributed by atoms with Gasteiger partial charge in [0.2, 0.25) is 0 Å². The van der Waals surface area contributed by atoms with Crippen molar-refractivity contribution in [1.82, 2.24) is 19.6 Å². The second-order valence-corrected chi connectivity index (χ2v) is 5.52. The van der Waals surface area contributed by atoms with Crippen LogP contribution in [0.5, 0.6) is 0 Å². The second-order valence-electron chi connectivity index (χ2n) is 5.52. The highest BCUT2D eigenvalue weighted by molar-refractivity contribution is 5.85. The Morgan fingerprint density at radius 3 is 2.67 bits per heavy atom. The molecule has 1 saturated heterocycles. The van der Waals surface area contributed by atoms with E-state index in [2.05, 4.69) is 33.0 Å². The summed E-state index contributed by atoms with van der Waals surface area (Å²) in [6.07, 6.45) is 3.73. The van der Waals surface area contributed by atoms with Crippen LogP contribution in [0.1, 0.15) is 19.0 Å². The molecule has 0 radical (unpaired) electrons. The molecular formula is C14H26N6O. The molecule has 7 nitrogen and oxygen atoms in total. The largest absolute Gasteiger partial charge is 0.409 e. The molecule has 0 saturated carbocycles. The van der Waals surface area contributed by atoms with Gasteiger partial charge in [0.15, 0.2) is 5.84 Å². The van der Waals surface area contributed by atoms with E-state index in [0.717, 1.165) is 45.6 Å². The maximum atomic E-state index is 8.85. The van der Waals surface area contributed by atoms with Crippen LogP contribution in [-0.2, 0) is 13.5 Å². The highest BCUT2D eigenvalue weighted by atomic mass is 16.4. The van der Waals surface area contributed by atoms with Crippen molar-refractivity contribution < 1.29 is 5.21 Å². The van der Waals surface area contributed by atoms with Gasteiger partial charge in [0.1, 0.15) is 0 Å². The summed E-state index contributed by atoms with van der Waals surface area (Å²) in [4.78, 5) is 4.76. The Hall–Kier alpha value is -1.60. The molecular weight excluding hydrogens is 268 g/mol. The highest BCUT2D eigenvalue weighted by Crippen LogP contribution is 2.10. The number of amidine groups is 1. The number of oxime groups is 1. The summed E-state index contributed by atoms with van der Waals surface area (Å²) in [7, 11) is 1.98. The minimum absolute atomic E-state index is 0.0502. The standard InChI is InChI=1S/C14H26N6O/c1-3-13(14(15)17-21)20-10-8-19(9-11-20)7-5-12-4-6-16-18(12)2/h4,6,13,21H,3,5,7-11H2,1-2H3,(H2,15,17). The lowest BCUT2D eigenvalue weighted by atomic mass is 10.1. The number of nitrogens with two attached hydrogens (primary N) is 1. The summed E-state index contributed by atoms with van der Waals surface area (Å²) in [6, 6.07) is 2.12. The fourth-order valence-electron chi connectivity index (χ4n) is 2.94. The summed E-state index contributed by atoms with van der Waals surface area (Å²) in [5.41, 5.74) is 7.03. The Kier molecular flexibility index (Phi) is 5.58. The lowest BCUT2D eigenvalue weighted by Gasteiger charge is -2.38. The molecule has 1 fully saturated rings. The van der Waals surface area contributed by atoms with Crippen molar-refractivity contribution in [1.29, 1.82) is 0 Å². The first-order valence-corrected chi connectivity index (χ1v) is 7.56. The van der Waals surface area contributed by atoms with E-state index >= 15 is 0 Å². The monoisotopic (exact) mass is 294 g/mol. The van der Waals surface area contributed by atoms with Gasteiger partial charge >= 0.3 is 0 Å². The molecule has 1 aromatic rings. The number of aromatic nitrogens is 2. The average molecular weight is 294 g/mol. The molecule has 2 rings (SSSR count). The molecule has 1 aromatic heterocycles. The minimum Gasteiger partial charge on any atom is -0.409 e. The number of piperazine rings is 1. The van der Waals surface area contributed by atoms with Gasteiger partial charge in [0.05, 0.1) is 6.04 Å². The van der Waals surface area contributed by atoms with Crippen molar-refractivity contribution in [3.63, 3.8) is 0 Å². The third kappa shape index (κ3) is 3.95. The van der Waals surface area contributed by atoms with Gasteiger partial charge in [-0.25, -0.2) is 0 Å². The molecule has 1 atom stereocenters. The predicted molar refractivity (Wildman–Crippen MR) is 82.4 cm³/mol. The van der Waals surface area contributed by atoms with Crippen molar-refractivity contribution in [3.05, 3.63) is 18.0 Å². The summed E-state index contributed by atoms with van der Waals surface area (Å²) >= 11 is 0. The molecule has 0 amide bonds. The van der Waals surface area contributed by atoms with Crippen LogP contribution in [0.4, 0.5) is 0 Å². The van der Waals surface area contributed by atoms with E-state index in [1.165, 1.54) is 5.69 Å². The maximum Gasteiger partial charge on any atom is 0.156 e. The van der Waals surface area contributed by atoms with Crippen LogP contribution in [0.3, 0.4) is 0 Å². The Bertz CT molecular complexity index is 464. The molecule has 1 unspecified atom stereocenters. The van der Waals surface area contributed by atoms with Crippen molar-refractivity contribution in [2.75, 3.05) is 32.7 Å². The first kappa shape index (κ1) is 15.8.